The van der Waals surface area contributed by atoms with Gasteiger partial charge in [-0.05, 0) is 80.6 Å². The number of rotatable bonds is 5. The van der Waals surface area contributed by atoms with Crippen molar-refractivity contribution in [3.63, 3.8) is 0 Å². The molecule has 0 aliphatic carbocycles. The number of hydrogen-bond donors (Lipinski definition) is 0. The molecule has 38 heavy (non-hydrogen) atoms. The van der Waals surface area contributed by atoms with Gasteiger partial charge in [0.2, 0.25) is 0 Å². The fourth-order valence-electron chi connectivity index (χ4n) is 3.71. The van der Waals surface area contributed by atoms with Crippen molar-refractivity contribution >= 4 is 52.5 Å². The highest BCUT2D eigenvalue weighted by Gasteiger charge is 2.39. The fourth-order valence-corrected chi connectivity index (χ4v) is 6.91. The first kappa shape index (κ1) is 32.6. The van der Waals surface area contributed by atoms with E-state index in [2.05, 4.69) is 104 Å². The summed E-state index contributed by atoms with van der Waals surface area (Å²) in [6.07, 6.45) is 2.38. The third-order valence-electron chi connectivity index (χ3n) is 5.66. The lowest BCUT2D eigenvalue weighted by Gasteiger charge is -2.22. The maximum absolute atomic E-state index is 9.93. The van der Waals surface area contributed by atoms with E-state index in [9.17, 15) is 4.79 Å². The van der Waals surface area contributed by atoms with Gasteiger partial charge in [-0.1, -0.05) is 68.6 Å². The molecule has 3 aromatic carbocycles. The van der Waals surface area contributed by atoms with Gasteiger partial charge in [-0.2, -0.15) is 0 Å². The first-order valence-electron chi connectivity index (χ1n) is 11.7. The van der Waals surface area contributed by atoms with Crippen LogP contribution in [0.2, 0.25) is 0 Å². The Morgan fingerprint density at radius 2 is 0.947 bits per heavy atom. The van der Waals surface area contributed by atoms with Crippen LogP contribution < -0.4 is 15.9 Å². The van der Waals surface area contributed by atoms with Crippen molar-refractivity contribution in [1.82, 2.24) is 0 Å². The predicted octanol–water partition coefficient (Wildman–Crippen LogP) is 8.46. The van der Waals surface area contributed by atoms with Crippen LogP contribution in [0.4, 0.5) is 0 Å². The van der Waals surface area contributed by atoms with E-state index in [1.165, 1.54) is 15.9 Å². The van der Waals surface area contributed by atoms with Gasteiger partial charge in [0.25, 0.3) is 0 Å². The van der Waals surface area contributed by atoms with E-state index in [0.717, 1.165) is 17.3 Å². The van der Waals surface area contributed by atoms with Crippen LogP contribution in [0.5, 0.6) is 0 Å². The molecule has 5 rings (SSSR count). The topological polar surface area (TPSA) is 43.4 Å². The van der Waals surface area contributed by atoms with Crippen molar-refractivity contribution in [3.8, 4) is 0 Å². The highest BCUT2D eigenvalue weighted by atomic mass is 79.9. The molecule has 0 saturated carbocycles. The first-order chi connectivity index (χ1) is 17.5. The van der Waals surface area contributed by atoms with Gasteiger partial charge in [0.05, 0.1) is 6.66 Å². The average Bonchev–Trinajstić information content (AvgIpc) is 3.57. The Kier molecular flexibility index (Phi) is 14.1. The number of aldehydes is 1. The van der Waals surface area contributed by atoms with E-state index in [-0.39, 0.29) is 24.4 Å². The summed E-state index contributed by atoms with van der Waals surface area (Å²) < 4.78 is 9.98. The molecule has 0 spiro atoms. The van der Waals surface area contributed by atoms with Gasteiger partial charge >= 0.3 is 0 Å². The molecule has 0 unspecified atom stereocenters. The molecule has 0 aliphatic rings. The molecule has 5 aromatic rings. The lowest BCUT2D eigenvalue weighted by Crippen LogP contribution is -2.30. The molecule has 0 saturated heterocycles. The lowest BCUT2D eigenvalue weighted by atomic mass is 10.4. The third-order valence-corrected chi connectivity index (χ3v) is 9.65. The van der Waals surface area contributed by atoms with E-state index in [1.807, 2.05) is 19.1 Å². The van der Waals surface area contributed by atoms with E-state index < -0.39 is 7.26 Å². The number of aryl methyl sites for hydroxylation is 2. The Hall–Kier alpha value is -3.46. The molecule has 5 heteroatoms. The molecule has 2 heterocycles. The minimum Gasteiger partial charge on any atom is -0.462 e. The molecule has 0 radical (unpaired) electrons. The van der Waals surface area contributed by atoms with Crippen LogP contribution in [0.25, 0.3) is 6.08 Å². The molecule has 0 N–H and O–H groups in total. The zero-order valence-corrected chi connectivity index (χ0v) is 24.0. The van der Waals surface area contributed by atoms with Crippen LogP contribution in [-0.4, -0.2) is 13.0 Å². The summed E-state index contributed by atoms with van der Waals surface area (Å²) in [7, 11) is -1.53. The highest BCUT2D eigenvalue weighted by Crippen LogP contribution is 2.51. The second-order valence-electron chi connectivity index (χ2n) is 8.23. The molecule has 0 bridgehead atoms. The summed E-state index contributed by atoms with van der Waals surface area (Å²) in [4.78, 5) is 9.93. The minimum atomic E-state index is -1.53. The molecular formula is C33H37BrO3P+. The van der Waals surface area contributed by atoms with E-state index in [1.54, 1.807) is 25.1 Å². The Bertz CT molecular complexity index is 1200. The standard InChI is InChI=1S/C19H18P.C7H8O.C6H6O2.CH4.BrH/c1-20(17-11-5-2-6-12-17,18-13-7-3-8-14-18)19-15-9-4-10-16-19;1-3-7-5-4-6(2)8-7;1-5-2-3-6(4-7)8-5;;/h2-16H,1H3;3-5H,1H2,2H3;2-4H,1H3;1H4;1H/q+1;;;;. The molecule has 198 valence electrons. The summed E-state index contributed by atoms with van der Waals surface area (Å²) in [5.41, 5.74) is 0. The SMILES string of the molecule is Br.C.C=Cc1ccc(C)o1.C[P+](c1ccccc1)(c1ccccc1)c1ccccc1.Cc1ccc(C=O)o1. The fraction of sp³-hybridized carbons (Fsp3) is 0.121. The number of benzene rings is 3. The summed E-state index contributed by atoms with van der Waals surface area (Å²) in [5.74, 6) is 2.93. The molecule has 0 atom stereocenters. The van der Waals surface area contributed by atoms with Crippen molar-refractivity contribution < 1.29 is 13.6 Å². The van der Waals surface area contributed by atoms with Crippen LogP contribution in [0.3, 0.4) is 0 Å². The van der Waals surface area contributed by atoms with Gasteiger partial charge in [0.15, 0.2) is 12.0 Å². The van der Waals surface area contributed by atoms with Crippen LogP contribution in [0.15, 0.2) is 131 Å². The second-order valence-corrected chi connectivity index (χ2v) is 11.8. The van der Waals surface area contributed by atoms with Crippen LogP contribution in [0, 0.1) is 13.8 Å². The summed E-state index contributed by atoms with van der Waals surface area (Å²) >= 11 is 0. The van der Waals surface area contributed by atoms with Gasteiger partial charge in [0, 0.05) is 0 Å². The molecule has 0 aliphatic heterocycles. The Morgan fingerprint density at radius 1 is 0.605 bits per heavy atom. The van der Waals surface area contributed by atoms with E-state index in [4.69, 9.17) is 8.83 Å². The number of furan rings is 2. The number of carbonyl (C=O) groups excluding carboxylic acids is 1. The quantitative estimate of drug-likeness (QED) is 0.152. The summed E-state index contributed by atoms with van der Waals surface area (Å²) in [6, 6.07) is 39.8. The number of halogens is 1. The molecular weight excluding hydrogens is 555 g/mol. The maximum Gasteiger partial charge on any atom is 0.185 e. The van der Waals surface area contributed by atoms with Gasteiger partial charge in [-0.25, -0.2) is 0 Å². The Balaban J connectivity index is 0.000000334. The normalized spacial score (nSPS) is 9.76. The maximum atomic E-state index is 9.93. The molecule has 0 amide bonds. The Morgan fingerprint density at radius 3 is 1.16 bits per heavy atom. The van der Waals surface area contributed by atoms with Crippen molar-refractivity contribution in [2.45, 2.75) is 21.3 Å². The molecule has 2 aromatic heterocycles. The van der Waals surface area contributed by atoms with Gasteiger partial charge in [0.1, 0.15) is 40.5 Å². The lowest BCUT2D eigenvalue weighted by molar-refractivity contribution is 0.109. The first-order valence-corrected chi connectivity index (χ1v) is 13.9. The smallest absolute Gasteiger partial charge is 0.185 e. The predicted molar refractivity (Wildman–Crippen MR) is 170 cm³/mol. The van der Waals surface area contributed by atoms with Crippen LogP contribution >= 0.6 is 24.2 Å². The zero-order chi connectivity index (χ0) is 25.8. The monoisotopic (exact) mass is 591 g/mol. The van der Waals surface area contributed by atoms with Gasteiger partial charge in [-0.15, -0.1) is 17.0 Å². The molecule has 3 nitrogen and oxygen atoms in total. The zero-order valence-electron chi connectivity index (χ0n) is 21.4. The van der Waals surface area contributed by atoms with Gasteiger partial charge in [-0.3, -0.25) is 4.79 Å². The van der Waals surface area contributed by atoms with Gasteiger partial charge < -0.3 is 8.83 Å². The Labute approximate surface area is 238 Å². The largest absolute Gasteiger partial charge is 0.462 e. The van der Waals surface area contributed by atoms with Crippen molar-refractivity contribution in [3.05, 3.63) is 145 Å². The minimum absolute atomic E-state index is 0. The third kappa shape index (κ3) is 8.83. The molecule has 0 fully saturated rings. The summed E-state index contributed by atoms with van der Waals surface area (Å²) in [5, 5.41) is 4.28. The van der Waals surface area contributed by atoms with E-state index in [0.29, 0.717) is 12.0 Å². The number of carbonyl (C=O) groups is 1. The second kappa shape index (κ2) is 16.4. The average molecular weight is 593 g/mol. The van der Waals surface area contributed by atoms with Crippen molar-refractivity contribution in [2.24, 2.45) is 0 Å². The van der Waals surface area contributed by atoms with Crippen molar-refractivity contribution in [1.29, 1.82) is 0 Å². The highest BCUT2D eigenvalue weighted by molar-refractivity contribution is 8.93. The van der Waals surface area contributed by atoms with Crippen LogP contribution in [0.1, 0.15) is 35.3 Å². The number of hydrogen-bond acceptors (Lipinski definition) is 3. The van der Waals surface area contributed by atoms with E-state index >= 15 is 0 Å². The van der Waals surface area contributed by atoms with Crippen molar-refractivity contribution in [2.75, 3.05) is 6.66 Å². The summed E-state index contributed by atoms with van der Waals surface area (Å²) in [6.45, 7) is 9.67. The van der Waals surface area contributed by atoms with Crippen LogP contribution in [-0.2, 0) is 0 Å².